The number of fused-ring (bicyclic) bond motifs is 1. The summed E-state index contributed by atoms with van der Waals surface area (Å²) in [6, 6.07) is 17.5. The van der Waals surface area contributed by atoms with Crippen molar-refractivity contribution < 1.29 is 14.3 Å². The maximum atomic E-state index is 11.8. The van der Waals surface area contributed by atoms with Crippen LogP contribution in [-0.4, -0.2) is 71.0 Å². The molecule has 0 radical (unpaired) electrons. The van der Waals surface area contributed by atoms with Crippen LogP contribution in [0.3, 0.4) is 0 Å². The van der Waals surface area contributed by atoms with Gasteiger partial charge >= 0.3 is 0 Å². The molecule has 2 aliphatic heterocycles. The third kappa shape index (κ3) is 7.34. The second-order valence-corrected chi connectivity index (χ2v) is 13.8. The number of piperazine rings is 1. The third-order valence-electron chi connectivity index (χ3n) is 8.57. The Kier molecular flexibility index (Phi) is 9.92. The van der Waals surface area contributed by atoms with Crippen molar-refractivity contribution in [1.29, 1.82) is 0 Å². The molecule has 0 saturated carbocycles. The van der Waals surface area contributed by atoms with Crippen LogP contribution in [0.4, 0.5) is 11.5 Å². The lowest BCUT2D eigenvalue weighted by atomic mass is 10.00. The first-order valence-electron chi connectivity index (χ1n) is 16.0. The van der Waals surface area contributed by atoms with E-state index in [9.17, 15) is 9.59 Å². The number of methoxy groups -OCH3 is 1. The minimum Gasteiger partial charge on any atom is -0.481 e. The number of carbonyl (C=O) groups excluding carboxylic acids is 2. The maximum absolute atomic E-state index is 11.8. The number of hydrogen-bond acceptors (Lipinski definition) is 10. The minimum absolute atomic E-state index is 0.0299. The predicted molar refractivity (Wildman–Crippen MR) is 194 cm³/mol. The Hall–Kier alpha value is -4.33. The van der Waals surface area contributed by atoms with Gasteiger partial charge in [0, 0.05) is 67.1 Å². The predicted octanol–water partition coefficient (Wildman–Crippen LogP) is 5.78. The van der Waals surface area contributed by atoms with Crippen LogP contribution in [0.1, 0.15) is 23.4 Å². The molecule has 0 spiro atoms. The minimum atomic E-state index is 0.0299. The number of rotatable bonds is 11. The molecular weight excluding hydrogens is 683 g/mol. The molecular formula is C35H34Cl2N8O3S. The van der Waals surface area contributed by atoms with E-state index in [0.717, 1.165) is 50.4 Å². The molecule has 3 aromatic heterocycles. The second-order valence-electron chi connectivity index (χ2n) is 11.9. The molecule has 11 nitrogen and oxygen atoms in total. The number of anilines is 2. The number of halogens is 2. The molecule has 0 bridgehead atoms. The van der Waals surface area contributed by atoms with Crippen molar-refractivity contribution in [3.63, 3.8) is 0 Å². The van der Waals surface area contributed by atoms with Gasteiger partial charge in [0.2, 0.25) is 17.7 Å². The van der Waals surface area contributed by atoms with Crippen LogP contribution in [0.5, 0.6) is 5.88 Å². The van der Waals surface area contributed by atoms with E-state index >= 15 is 0 Å². The van der Waals surface area contributed by atoms with E-state index in [1.165, 1.54) is 0 Å². The molecule has 252 valence electrons. The fourth-order valence-electron chi connectivity index (χ4n) is 6.12. The van der Waals surface area contributed by atoms with Gasteiger partial charge in [0.05, 0.1) is 46.3 Å². The molecule has 49 heavy (non-hydrogen) atoms. The molecule has 2 saturated heterocycles. The fourth-order valence-corrected chi connectivity index (χ4v) is 7.73. The van der Waals surface area contributed by atoms with Crippen LogP contribution in [0.2, 0.25) is 10.0 Å². The lowest BCUT2D eigenvalue weighted by Crippen LogP contribution is -2.47. The van der Waals surface area contributed by atoms with E-state index in [1.54, 1.807) is 24.6 Å². The zero-order chi connectivity index (χ0) is 33.9. The normalized spacial score (nSPS) is 16.5. The van der Waals surface area contributed by atoms with Crippen LogP contribution in [-0.2, 0) is 22.7 Å². The molecule has 4 N–H and O–H groups in total. The molecule has 0 aliphatic carbocycles. The summed E-state index contributed by atoms with van der Waals surface area (Å²) in [6.45, 7) is 3.61. The number of nitrogens with one attached hydrogen (secondary N) is 4. The molecule has 2 amide bonds. The van der Waals surface area contributed by atoms with Gasteiger partial charge in [0.15, 0.2) is 5.82 Å². The van der Waals surface area contributed by atoms with Gasteiger partial charge in [-0.25, -0.2) is 15.0 Å². The SMILES string of the molecule is COc1nc(-c2cccc(-c3cccc(Nc4nccc5sc(CN6CCNC(=O)C6)nc45)c3Cl)c2Cl)ccc1CNC[C@@H]1CCC(=O)N1. The van der Waals surface area contributed by atoms with Crippen LogP contribution in [0.15, 0.2) is 60.8 Å². The highest BCUT2D eigenvalue weighted by Crippen LogP contribution is 2.42. The van der Waals surface area contributed by atoms with Crippen molar-refractivity contribution in [2.24, 2.45) is 0 Å². The molecule has 5 heterocycles. The van der Waals surface area contributed by atoms with Gasteiger partial charge in [-0.2, -0.15) is 0 Å². The summed E-state index contributed by atoms with van der Waals surface area (Å²) in [5.41, 5.74) is 5.23. The molecule has 1 atom stereocenters. The zero-order valence-electron chi connectivity index (χ0n) is 26.7. The van der Waals surface area contributed by atoms with Gasteiger partial charge in [-0.05, 0) is 24.6 Å². The molecule has 14 heteroatoms. The fraction of sp³-hybridized carbons (Fsp3) is 0.286. The van der Waals surface area contributed by atoms with E-state index in [2.05, 4.69) is 31.2 Å². The summed E-state index contributed by atoms with van der Waals surface area (Å²) >= 11 is 15.7. The van der Waals surface area contributed by atoms with E-state index in [0.29, 0.717) is 72.3 Å². The summed E-state index contributed by atoms with van der Waals surface area (Å²) in [6.07, 6.45) is 3.15. The second kappa shape index (κ2) is 14.7. The van der Waals surface area contributed by atoms with Crippen LogP contribution in [0, 0.1) is 0 Å². The van der Waals surface area contributed by atoms with Crippen LogP contribution >= 0.6 is 34.5 Å². The first-order chi connectivity index (χ1) is 23.9. The van der Waals surface area contributed by atoms with Gasteiger partial charge in [-0.1, -0.05) is 59.6 Å². The number of nitrogens with zero attached hydrogens (tertiary/aromatic N) is 4. The number of ether oxygens (including phenoxy) is 1. The van der Waals surface area contributed by atoms with Crippen molar-refractivity contribution >= 4 is 68.1 Å². The smallest absolute Gasteiger partial charge is 0.234 e. The van der Waals surface area contributed by atoms with E-state index in [1.807, 2.05) is 54.6 Å². The molecule has 2 aliphatic rings. The van der Waals surface area contributed by atoms with Crippen molar-refractivity contribution in [3.8, 4) is 28.3 Å². The van der Waals surface area contributed by atoms with Gasteiger partial charge in [-0.15, -0.1) is 11.3 Å². The van der Waals surface area contributed by atoms with Crippen LogP contribution < -0.4 is 26.0 Å². The van der Waals surface area contributed by atoms with Gasteiger partial charge in [-0.3, -0.25) is 14.5 Å². The summed E-state index contributed by atoms with van der Waals surface area (Å²) in [4.78, 5) is 39.7. The Bertz CT molecular complexity index is 2040. The monoisotopic (exact) mass is 716 g/mol. The first kappa shape index (κ1) is 33.2. The molecule has 0 unspecified atom stereocenters. The van der Waals surface area contributed by atoms with E-state index in [-0.39, 0.29) is 17.9 Å². The van der Waals surface area contributed by atoms with Crippen LogP contribution in [0.25, 0.3) is 32.6 Å². The van der Waals surface area contributed by atoms with Crippen molar-refractivity contribution in [1.82, 2.24) is 35.8 Å². The van der Waals surface area contributed by atoms with Gasteiger partial charge < -0.3 is 26.0 Å². The zero-order valence-corrected chi connectivity index (χ0v) is 29.0. The lowest BCUT2D eigenvalue weighted by molar-refractivity contribution is -0.124. The van der Waals surface area contributed by atoms with Crippen molar-refractivity contribution in [2.45, 2.75) is 32.0 Å². The summed E-state index contributed by atoms with van der Waals surface area (Å²) in [5.74, 6) is 1.22. The Morgan fingerprint density at radius 2 is 1.82 bits per heavy atom. The molecule has 5 aromatic rings. The highest BCUT2D eigenvalue weighted by Gasteiger charge is 2.22. The Balaban J connectivity index is 1.11. The Morgan fingerprint density at radius 1 is 1.00 bits per heavy atom. The van der Waals surface area contributed by atoms with Crippen molar-refractivity contribution in [2.75, 3.05) is 38.6 Å². The third-order valence-corrected chi connectivity index (χ3v) is 10.4. The number of aromatic nitrogens is 3. The maximum Gasteiger partial charge on any atom is 0.234 e. The number of amides is 2. The Morgan fingerprint density at radius 3 is 2.61 bits per heavy atom. The highest BCUT2D eigenvalue weighted by atomic mass is 35.5. The number of thiazole rings is 1. The number of pyridine rings is 2. The van der Waals surface area contributed by atoms with E-state index in [4.69, 9.17) is 37.9 Å². The number of carbonyl (C=O) groups is 2. The van der Waals surface area contributed by atoms with Gasteiger partial charge in [0.1, 0.15) is 10.5 Å². The number of benzene rings is 2. The molecule has 7 rings (SSSR count). The van der Waals surface area contributed by atoms with Crippen molar-refractivity contribution in [3.05, 3.63) is 81.4 Å². The average molecular weight is 718 g/mol. The highest BCUT2D eigenvalue weighted by molar-refractivity contribution is 7.18. The topological polar surface area (TPSA) is 133 Å². The first-order valence-corrected chi connectivity index (χ1v) is 17.6. The van der Waals surface area contributed by atoms with Gasteiger partial charge in [0.25, 0.3) is 0 Å². The summed E-state index contributed by atoms with van der Waals surface area (Å²) in [5, 5.41) is 14.5. The quantitative estimate of drug-likeness (QED) is 0.134. The molecule has 2 fully saturated rings. The Labute approximate surface area is 297 Å². The van der Waals surface area contributed by atoms with E-state index < -0.39 is 0 Å². The molecule has 2 aromatic carbocycles. The summed E-state index contributed by atoms with van der Waals surface area (Å²) in [7, 11) is 1.60. The number of hydrogen-bond donors (Lipinski definition) is 4. The standard InChI is InChI=1S/C35H34Cl2N8O3S/c1-48-35-20(16-38-17-21-9-11-28(46)41-21)8-10-25(43-35)24-6-2-4-22(31(24)36)23-5-3-7-26(32(23)37)42-34-33-27(12-13-40-34)49-30(44-33)19-45-15-14-39-29(47)18-45/h2-8,10,12-13,21,38H,9,11,14-19H2,1H3,(H,39,47)(H,40,42)(H,41,46)/t21-/m0/s1. The summed E-state index contributed by atoms with van der Waals surface area (Å²) < 4.78 is 6.64. The average Bonchev–Trinajstić information content (AvgIpc) is 3.71. The lowest BCUT2D eigenvalue weighted by Gasteiger charge is -2.25. The largest absolute Gasteiger partial charge is 0.481 e.